The zero-order valence-corrected chi connectivity index (χ0v) is 49.8. The molecule has 22 heteroatoms. The Balaban J connectivity index is 0.0000102. The van der Waals surface area contributed by atoms with Crippen LogP contribution in [-0.2, 0) is 48.0 Å². The summed E-state index contributed by atoms with van der Waals surface area (Å²) in [6, 6.07) is 33.3. The van der Waals surface area contributed by atoms with Crippen molar-refractivity contribution in [3.05, 3.63) is 197 Å². The number of unbranched alkanes of at least 4 members (excludes halogenated alkanes) is 3. The lowest BCUT2D eigenvalue weighted by Gasteiger charge is -2.28. The van der Waals surface area contributed by atoms with Gasteiger partial charge in [0.25, 0.3) is 17.7 Å². The number of nitrogens with one attached hydrogen (secondary N) is 6. The molecule has 18 N–H and O–H groups in total. The number of aromatic nitrogens is 3. The second kappa shape index (κ2) is 29.0. The number of hydrogen-bond donors (Lipinski definition) is 12. The van der Waals surface area contributed by atoms with E-state index in [2.05, 4.69) is 30.9 Å². The molecule has 0 saturated carbocycles. The van der Waals surface area contributed by atoms with Crippen LogP contribution in [0, 0.1) is 17.5 Å². The monoisotopic (exact) mass is 1230 g/mol. The molecular formula is C67H74ClF3N12O6. The van der Waals surface area contributed by atoms with Gasteiger partial charge in [0.05, 0.1) is 0 Å². The van der Waals surface area contributed by atoms with Gasteiger partial charge in [-0.05, 0) is 202 Å². The third-order valence-corrected chi connectivity index (χ3v) is 16.5. The number of H-pyrrole nitrogens is 3. The first kappa shape index (κ1) is 66.2. The number of halogens is 4. The predicted molar refractivity (Wildman–Crippen MR) is 344 cm³/mol. The lowest BCUT2D eigenvalue weighted by Crippen LogP contribution is -2.58. The van der Waals surface area contributed by atoms with Gasteiger partial charge in [0, 0.05) is 93.5 Å². The van der Waals surface area contributed by atoms with Gasteiger partial charge in [-0.15, -0.1) is 12.4 Å². The number of Topliss-reactive ketones (excluding diaryl/α,β-unsaturated/α-hetero) is 3. The highest BCUT2D eigenvalue weighted by molar-refractivity contribution is 6.18. The molecular weight excluding hydrogens is 1160 g/mol. The van der Waals surface area contributed by atoms with Gasteiger partial charge in [0.1, 0.15) is 17.5 Å². The Labute approximate surface area is 518 Å². The molecule has 0 fully saturated rings. The number of rotatable bonds is 30. The number of amides is 3. The number of anilines is 3. The van der Waals surface area contributed by atoms with E-state index in [-0.39, 0.29) is 50.9 Å². The summed E-state index contributed by atoms with van der Waals surface area (Å²) in [4.78, 5) is 94.4. The molecule has 0 aliphatic heterocycles. The van der Waals surface area contributed by atoms with E-state index < -0.39 is 75.1 Å². The van der Waals surface area contributed by atoms with Gasteiger partial charge in [0.2, 0.25) is 0 Å². The Morgan fingerprint density at radius 1 is 0.393 bits per heavy atom. The number of nitrogens with two attached hydrogens (primary N) is 6. The Kier molecular flexibility index (Phi) is 21.6. The molecule has 3 aromatic heterocycles. The van der Waals surface area contributed by atoms with Crippen LogP contribution in [0.5, 0.6) is 0 Å². The number of benzene rings is 6. The van der Waals surface area contributed by atoms with Crippen LogP contribution in [0.25, 0.3) is 32.7 Å². The van der Waals surface area contributed by atoms with Crippen molar-refractivity contribution in [1.82, 2.24) is 15.0 Å². The van der Waals surface area contributed by atoms with Gasteiger partial charge in [-0.25, -0.2) is 13.2 Å². The number of aromatic amines is 3. The quantitative estimate of drug-likeness (QED) is 0.0114. The van der Waals surface area contributed by atoms with E-state index in [4.69, 9.17) is 34.4 Å². The highest BCUT2D eigenvalue weighted by atomic mass is 35.5. The summed E-state index contributed by atoms with van der Waals surface area (Å²) in [5.41, 5.74) is 38.2. The van der Waals surface area contributed by atoms with Crippen LogP contribution in [0.15, 0.2) is 146 Å². The minimum absolute atomic E-state index is 0. The van der Waals surface area contributed by atoms with Crippen molar-refractivity contribution < 1.29 is 41.9 Å². The molecule has 3 heterocycles. The van der Waals surface area contributed by atoms with E-state index in [1.54, 1.807) is 110 Å². The Morgan fingerprint density at radius 3 is 0.899 bits per heavy atom. The lowest BCUT2D eigenvalue weighted by molar-refractivity contribution is -0.134. The molecule has 6 aromatic carbocycles. The molecule has 0 radical (unpaired) electrons. The van der Waals surface area contributed by atoms with E-state index in [0.717, 1.165) is 0 Å². The van der Waals surface area contributed by atoms with E-state index in [9.17, 15) is 41.9 Å². The van der Waals surface area contributed by atoms with Crippen molar-refractivity contribution in [2.24, 2.45) is 34.4 Å². The zero-order chi connectivity index (χ0) is 62.8. The number of carbonyl (C=O) groups is 6. The molecule has 0 bridgehead atoms. The Morgan fingerprint density at radius 2 is 0.652 bits per heavy atom. The fourth-order valence-electron chi connectivity index (χ4n) is 11.2. The normalized spacial score (nSPS) is 13.6. The van der Waals surface area contributed by atoms with Crippen LogP contribution in [0.4, 0.5) is 30.2 Å². The molecule has 89 heavy (non-hydrogen) atoms. The number of ketones is 3. The molecule has 466 valence electrons. The third-order valence-electron chi connectivity index (χ3n) is 16.5. The van der Waals surface area contributed by atoms with Crippen LogP contribution in [0.2, 0.25) is 0 Å². The number of hydrogen-bond acceptors (Lipinski definition) is 12. The zero-order valence-electron chi connectivity index (χ0n) is 49.0. The lowest BCUT2D eigenvalue weighted by atomic mass is 9.83. The van der Waals surface area contributed by atoms with Crippen LogP contribution >= 0.6 is 12.4 Å². The summed E-state index contributed by atoms with van der Waals surface area (Å²) in [5.74, 6) is -5.95. The molecule has 3 atom stereocenters. The first-order valence-electron chi connectivity index (χ1n) is 29.3. The molecule has 9 aromatic rings. The summed E-state index contributed by atoms with van der Waals surface area (Å²) in [7, 11) is 0. The maximum Gasteiger partial charge on any atom is 0.252 e. The summed E-state index contributed by atoms with van der Waals surface area (Å²) >= 11 is 0. The third kappa shape index (κ3) is 15.0. The van der Waals surface area contributed by atoms with Crippen molar-refractivity contribution in [3.63, 3.8) is 0 Å². The van der Waals surface area contributed by atoms with Gasteiger partial charge in [-0.2, -0.15) is 0 Å². The summed E-state index contributed by atoms with van der Waals surface area (Å²) in [5, 5.41) is 10.0. The largest absolute Gasteiger partial charge is 0.361 e. The highest BCUT2D eigenvalue weighted by Gasteiger charge is 2.44. The van der Waals surface area contributed by atoms with Crippen LogP contribution in [0.1, 0.15) is 97.1 Å². The van der Waals surface area contributed by atoms with Crippen molar-refractivity contribution in [3.8, 4) is 0 Å². The molecule has 18 nitrogen and oxygen atoms in total. The predicted octanol–water partition coefficient (Wildman–Crippen LogP) is 8.88. The number of carbonyl (C=O) groups excluding carboxylic acids is 6. The summed E-state index contributed by atoms with van der Waals surface area (Å²) < 4.78 is 43.0. The molecule has 0 unspecified atom stereocenters. The average molecular weight is 1240 g/mol. The number of fused-ring (bicyclic) bond motifs is 3. The van der Waals surface area contributed by atoms with Gasteiger partial charge < -0.3 is 65.3 Å². The molecule has 0 aliphatic carbocycles. The second-order valence-corrected chi connectivity index (χ2v) is 22.6. The van der Waals surface area contributed by atoms with Gasteiger partial charge >= 0.3 is 0 Å². The molecule has 9 rings (SSSR count). The van der Waals surface area contributed by atoms with Crippen LogP contribution in [0.3, 0.4) is 0 Å². The molecule has 0 aliphatic rings. The fraction of sp³-hybridized carbons (Fsp3) is 0.284. The van der Waals surface area contributed by atoms with E-state index >= 15 is 0 Å². The van der Waals surface area contributed by atoms with E-state index in [0.29, 0.717) is 141 Å². The first-order chi connectivity index (χ1) is 42.3. The summed E-state index contributed by atoms with van der Waals surface area (Å²) in [6.07, 6.45) is 6.70. The maximum atomic E-state index is 14.3. The van der Waals surface area contributed by atoms with Gasteiger partial charge in [-0.3, -0.25) is 28.8 Å². The van der Waals surface area contributed by atoms with Crippen molar-refractivity contribution >= 4 is 97.2 Å². The van der Waals surface area contributed by atoms with Gasteiger partial charge in [-0.1, -0.05) is 36.4 Å². The van der Waals surface area contributed by atoms with Crippen molar-refractivity contribution in [2.75, 3.05) is 35.6 Å². The van der Waals surface area contributed by atoms with Gasteiger partial charge in [0.15, 0.2) is 34.0 Å². The summed E-state index contributed by atoms with van der Waals surface area (Å²) in [6.45, 7) is 0.949. The Hall–Kier alpha value is -8.80. The minimum Gasteiger partial charge on any atom is -0.361 e. The fourth-order valence-corrected chi connectivity index (χ4v) is 11.2. The standard InChI is InChI=1S/C67H73F3N12O6.ClH/c68-46-13-22-55-52(34-46)43(37-77-55)31-58(83)65(74,25-1-4-28-71)62(86)80-49-16-7-40(8-17-49)61(41-9-18-50(19-10-41)81-63(87)66(75,26-2-5-29-72)59(84)32-44-38-78-56-23-14-47(69)35-53(44)56)42-11-20-51(21-12-42)82-64(88)67(76,27-3-6-30-73)60(85)33-45-39-79-57-24-15-48(70)36-54(45)57;/h7-24,34-39,61,77-79H,1-6,25-33,71-76H2,(H,80,86)(H,81,87)(H,82,88);1H/t65-,66-,67-;/m1./s1. The van der Waals surface area contributed by atoms with Crippen molar-refractivity contribution in [1.29, 1.82) is 0 Å². The van der Waals surface area contributed by atoms with Crippen LogP contribution in [-0.4, -0.2) is 86.3 Å². The average Bonchev–Trinajstić information content (AvgIpc) is 3.37. The molecule has 0 saturated heterocycles. The van der Waals surface area contributed by atoms with Crippen molar-refractivity contribution in [2.45, 2.75) is 99.6 Å². The van der Waals surface area contributed by atoms with Crippen LogP contribution < -0.4 is 50.4 Å². The molecule has 3 amide bonds. The smallest absolute Gasteiger partial charge is 0.252 e. The highest BCUT2D eigenvalue weighted by Crippen LogP contribution is 2.36. The maximum absolute atomic E-state index is 14.3. The van der Waals surface area contributed by atoms with E-state index in [1.165, 1.54) is 36.4 Å². The second-order valence-electron chi connectivity index (χ2n) is 22.6. The SMILES string of the molecule is Cl.NCCCC[C@@](N)(C(=O)Cc1c[nH]c2ccc(F)cc12)C(=O)Nc1ccc(C(c2ccc(NC(=O)[C@@](N)(CCCCN)C(=O)Cc3c[nH]c4ccc(F)cc34)cc2)c2ccc(NC(=O)[C@@](N)(CCCCN)C(=O)Cc3c[nH]c4ccc(F)cc34)cc2)cc1. The minimum atomic E-state index is -1.99. The first-order valence-corrected chi connectivity index (χ1v) is 29.3. The van der Waals surface area contributed by atoms with E-state index in [1.807, 2.05) is 0 Å². The Bertz CT molecular complexity index is 3600. The molecule has 0 spiro atoms. The topological polar surface area (TPSA) is 342 Å².